The number of anilines is 1. The van der Waals surface area contributed by atoms with Crippen LogP contribution in [0.25, 0.3) is 0 Å². The number of piperazine rings is 1. The summed E-state index contributed by atoms with van der Waals surface area (Å²) in [5.74, 6) is -0.356. The zero-order chi connectivity index (χ0) is 15.9. The Balaban J connectivity index is 2.00. The summed E-state index contributed by atoms with van der Waals surface area (Å²) in [6, 6.07) is 9.55. The molecule has 1 heterocycles. The zero-order valence-corrected chi connectivity index (χ0v) is 13.2. The third kappa shape index (κ3) is 4.34. The molecule has 2 rings (SSSR count). The van der Waals surface area contributed by atoms with E-state index in [2.05, 4.69) is 17.1 Å². The van der Waals surface area contributed by atoms with Crippen molar-refractivity contribution in [3.8, 4) is 6.07 Å². The lowest BCUT2D eigenvalue weighted by Crippen LogP contribution is -2.44. The highest BCUT2D eigenvalue weighted by atomic mass is 16.1. The smallest absolute Gasteiger partial charge is 0.267 e. The van der Waals surface area contributed by atoms with Crippen molar-refractivity contribution in [1.82, 2.24) is 9.80 Å². The van der Waals surface area contributed by atoms with E-state index in [4.69, 9.17) is 0 Å². The van der Waals surface area contributed by atoms with Gasteiger partial charge in [0.15, 0.2) is 0 Å². The molecule has 1 aliphatic heterocycles. The number of benzene rings is 1. The first-order valence-corrected chi connectivity index (χ1v) is 7.58. The minimum atomic E-state index is -0.356. The van der Waals surface area contributed by atoms with Crippen molar-refractivity contribution in [3.05, 3.63) is 41.6 Å². The molecule has 1 amide bonds. The van der Waals surface area contributed by atoms with Crippen molar-refractivity contribution < 1.29 is 4.79 Å². The fraction of sp³-hybridized carbons (Fsp3) is 0.412. The molecule has 0 spiro atoms. The maximum atomic E-state index is 12.2. The van der Waals surface area contributed by atoms with E-state index in [0.29, 0.717) is 5.69 Å². The summed E-state index contributed by atoms with van der Waals surface area (Å²) in [6.45, 7) is 8.76. The number of hydrogen-bond donors (Lipinski definition) is 1. The highest BCUT2D eigenvalue weighted by molar-refractivity contribution is 6.06. The quantitative estimate of drug-likeness (QED) is 0.682. The third-order valence-corrected chi connectivity index (χ3v) is 3.81. The van der Waals surface area contributed by atoms with Gasteiger partial charge in [-0.2, -0.15) is 5.26 Å². The molecular weight excluding hydrogens is 276 g/mol. The number of hydrogen-bond acceptors (Lipinski definition) is 4. The third-order valence-electron chi connectivity index (χ3n) is 3.81. The number of amides is 1. The molecule has 0 saturated carbocycles. The molecule has 1 aromatic carbocycles. The second kappa shape index (κ2) is 7.62. The Morgan fingerprint density at radius 2 is 2.09 bits per heavy atom. The number of carbonyl (C=O) groups is 1. The van der Waals surface area contributed by atoms with Gasteiger partial charge >= 0.3 is 0 Å². The number of nitrogens with zero attached hydrogens (tertiary/aromatic N) is 3. The van der Waals surface area contributed by atoms with Crippen LogP contribution in [0.2, 0.25) is 0 Å². The van der Waals surface area contributed by atoms with Crippen LogP contribution in [0.15, 0.2) is 36.0 Å². The van der Waals surface area contributed by atoms with Crippen molar-refractivity contribution >= 4 is 11.6 Å². The molecular formula is C17H22N4O. The molecule has 116 valence electrons. The highest BCUT2D eigenvalue weighted by Gasteiger charge is 2.16. The van der Waals surface area contributed by atoms with E-state index in [0.717, 1.165) is 38.3 Å². The van der Waals surface area contributed by atoms with Gasteiger partial charge in [-0.3, -0.25) is 4.79 Å². The molecule has 0 unspecified atom stereocenters. The van der Waals surface area contributed by atoms with Gasteiger partial charge in [-0.25, -0.2) is 0 Å². The summed E-state index contributed by atoms with van der Waals surface area (Å²) in [4.78, 5) is 16.6. The van der Waals surface area contributed by atoms with E-state index in [1.807, 2.05) is 42.2 Å². The van der Waals surface area contributed by atoms with Gasteiger partial charge in [0.1, 0.15) is 11.6 Å². The first-order chi connectivity index (χ1) is 10.6. The Hall–Kier alpha value is -2.32. The molecule has 1 saturated heterocycles. The molecule has 0 aromatic heterocycles. The molecule has 5 heteroatoms. The van der Waals surface area contributed by atoms with Crippen LogP contribution in [0.3, 0.4) is 0 Å². The van der Waals surface area contributed by atoms with Crippen LogP contribution < -0.4 is 5.32 Å². The van der Waals surface area contributed by atoms with Gasteiger partial charge in [-0.1, -0.05) is 19.1 Å². The highest BCUT2D eigenvalue weighted by Crippen LogP contribution is 2.12. The van der Waals surface area contributed by atoms with Crippen LogP contribution in [-0.4, -0.2) is 48.4 Å². The van der Waals surface area contributed by atoms with Gasteiger partial charge in [0, 0.05) is 38.1 Å². The van der Waals surface area contributed by atoms with Crippen molar-refractivity contribution in [2.45, 2.75) is 13.8 Å². The number of likely N-dealkylation sites (N-methyl/N-ethyl adjacent to an activating group) is 1. The van der Waals surface area contributed by atoms with Crippen molar-refractivity contribution in [2.24, 2.45) is 0 Å². The predicted octanol–water partition coefficient (Wildman–Crippen LogP) is 1.98. The lowest BCUT2D eigenvalue weighted by molar-refractivity contribution is -0.112. The first kappa shape index (κ1) is 16.1. The van der Waals surface area contributed by atoms with E-state index >= 15 is 0 Å². The SMILES string of the molecule is CCN1CCN(C=C(C#N)C(=O)Nc2cccc(C)c2)CC1. The Morgan fingerprint density at radius 1 is 1.36 bits per heavy atom. The fourth-order valence-corrected chi connectivity index (χ4v) is 2.45. The monoisotopic (exact) mass is 298 g/mol. The molecule has 5 nitrogen and oxygen atoms in total. The van der Waals surface area contributed by atoms with Crippen LogP contribution in [0.4, 0.5) is 5.69 Å². The maximum absolute atomic E-state index is 12.2. The summed E-state index contributed by atoms with van der Waals surface area (Å²) in [5.41, 5.74) is 1.92. The maximum Gasteiger partial charge on any atom is 0.267 e. The summed E-state index contributed by atoms with van der Waals surface area (Å²) in [6.07, 6.45) is 1.68. The average molecular weight is 298 g/mol. The van der Waals surface area contributed by atoms with Gasteiger partial charge in [-0.15, -0.1) is 0 Å². The minimum absolute atomic E-state index is 0.145. The number of carbonyl (C=O) groups excluding carboxylic acids is 1. The molecule has 1 fully saturated rings. The Morgan fingerprint density at radius 3 is 2.68 bits per heavy atom. The van der Waals surface area contributed by atoms with E-state index < -0.39 is 0 Å². The lowest BCUT2D eigenvalue weighted by Gasteiger charge is -2.33. The number of aryl methyl sites for hydroxylation is 1. The van der Waals surface area contributed by atoms with Gasteiger partial charge < -0.3 is 15.1 Å². The van der Waals surface area contributed by atoms with Crippen LogP contribution in [-0.2, 0) is 4.79 Å². The average Bonchev–Trinajstić information content (AvgIpc) is 2.53. The topological polar surface area (TPSA) is 59.4 Å². The Bertz CT molecular complexity index is 595. The van der Waals surface area contributed by atoms with Gasteiger partial charge in [0.05, 0.1) is 0 Å². The number of rotatable bonds is 4. The predicted molar refractivity (Wildman–Crippen MR) is 87.2 cm³/mol. The first-order valence-electron chi connectivity index (χ1n) is 7.58. The van der Waals surface area contributed by atoms with Crippen molar-refractivity contribution in [1.29, 1.82) is 5.26 Å². The van der Waals surface area contributed by atoms with Crippen LogP contribution in [0.5, 0.6) is 0 Å². The molecule has 1 N–H and O–H groups in total. The fourth-order valence-electron chi connectivity index (χ4n) is 2.45. The second-order valence-electron chi connectivity index (χ2n) is 5.45. The van der Waals surface area contributed by atoms with Crippen LogP contribution in [0.1, 0.15) is 12.5 Å². The van der Waals surface area contributed by atoms with E-state index in [1.54, 1.807) is 6.20 Å². The van der Waals surface area contributed by atoms with Gasteiger partial charge in [-0.05, 0) is 31.2 Å². The van der Waals surface area contributed by atoms with Crippen molar-refractivity contribution in [3.63, 3.8) is 0 Å². The van der Waals surface area contributed by atoms with Gasteiger partial charge in [0.2, 0.25) is 0 Å². The lowest BCUT2D eigenvalue weighted by atomic mass is 10.2. The Labute approximate surface area is 131 Å². The molecule has 22 heavy (non-hydrogen) atoms. The van der Waals surface area contributed by atoms with E-state index in [-0.39, 0.29) is 11.5 Å². The van der Waals surface area contributed by atoms with Gasteiger partial charge in [0.25, 0.3) is 5.91 Å². The summed E-state index contributed by atoms with van der Waals surface area (Å²) < 4.78 is 0. The summed E-state index contributed by atoms with van der Waals surface area (Å²) in [7, 11) is 0. The minimum Gasteiger partial charge on any atom is -0.374 e. The molecule has 0 bridgehead atoms. The van der Waals surface area contributed by atoms with Crippen molar-refractivity contribution in [2.75, 3.05) is 38.0 Å². The van der Waals surface area contributed by atoms with Crippen LogP contribution >= 0.6 is 0 Å². The summed E-state index contributed by atoms with van der Waals surface area (Å²) >= 11 is 0. The zero-order valence-electron chi connectivity index (χ0n) is 13.2. The molecule has 1 aromatic rings. The number of nitrogens with one attached hydrogen (secondary N) is 1. The standard InChI is InChI=1S/C17H22N4O/c1-3-20-7-9-21(10-8-20)13-15(12-18)17(22)19-16-6-4-5-14(2)11-16/h4-6,11,13H,3,7-10H2,1-2H3,(H,19,22). The Kier molecular flexibility index (Phi) is 5.56. The molecule has 0 atom stereocenters. The largest absolute Gasteiger partial charge is 0.374 e. The second-order valence-corrected chi connectivity index (χ2v) is 5.45. The number of nitriles is 1. The molecule has 0 radical (unpaired) electrons. The molecule has 1 aliphatic rings. The van der Waals surface area contributed by atoms with E-state index in [1.165, 1.54) is 0 Å². The normalized spacial score (nSPS) is 16.2. The molecule has 0 aliphatic carbocycles. The summed E-state index contributed by atoms with van der Waals surface area (Å²) in [5, 5.41) is 12.0. The van der Waals surface area contributed by atoms with E-state index in [9.17, 15) is 10.1 Å². The van der Waals surface area contributed by atoms with Crippen LogP contribution in [0, 0.1) is 18.3 Å².